The number of nitrogens with two attached hydrogens (primary N) is 1. The lowest BCUT2D eigenvalue weighted by Gasteiger charge is -2.27. The molecule has 2 saturated carbocycles. The summed E-state index contributed by atoms with van der Waals surface area (Å²) in [5.74, 6) is 1.57. The van der Waals surface area contributed by atoms with E-state index in [1.54, 1.807) is 0 Å². The van der Waals surface area contributed by atoms with Crippen LogP contribution in [0.15, 0.2) is 0 Å². The topological polar surface area (TPSA) is 35.2 Å². The zero-order valence-corrected chi connectivity index (χ0v) is 8.97. The maximum Gasteiger partial charge on any atom is 0.0948 e. The van der Waals surface area contributed by atoms with Gasteiger partial charge in [-0.2, -0.15) is 0 Å². The van der Waals surface area contributed by atoms with Crippen molar-refractivity contribution in [3.05, 3.63) is 0 Å². The summed E-state index contributed by atoms with van der Waals surface area (Å²) in [6.45, 7) is 7.36. The van der Waals surface area contributed by atoms with Crippen LogP contribution in [0.3, 0.4) is 0 Å². The maximum atomic E-state index is 5.81. The SMILES string of the molecule is CC1CCC2C(C)(C)C2(OCN)C1. The predicted octanol–water partition coefficient (Wildman–Crippen LogP) is 2.13. The Labute approximate surface area is 80.8 Å². The first-order chi connectivity index (χ1) is 6.04. The summed E-state index contributed by atoms with van der Waals surface area (Å²) in [7, 11) is 0. The van der Waals surface area contributed by atoms with Crippen LogP contribution in [0.1, 0.15) is 40.0 Å². The third-order valence-corrected chi connectivity index (χ3v) is 4.38. The average molecular weight is 183 g/mol. The predicted molar refractivity (Wildman–Crippen MR) is 53.2 cm³/mol. The Morgan fingerprint density at radius 1 is 1.38 bits per heavy atom. The molecule has 0 aromatic carbocycles. The number of hydrogen-bond acceptors (Lipinski definition) is 2. The molecule has 0 spiro atoms. The normalized spacial score (nSPS) is 47.1. The third kappa shape index (κ3) is 1.08. The fourth-order valence-corrected chi connectivity index (χ4v) is 3.49. The van der Waals surface area contributed by atoms with Gasteiger partial charge in [-0.05, 0) is 30.1 Å². The second kappa shape index (κ2) is 2.71. The summed E-state index contributed by atoms with van der Waals surface area (Å²) in [6.07, 6.45) is 3.90. The van der Waals surface area contributed by atoms with Gasteiger partial charge in [0, 0.05) is 0 Å². The highest BCUT2D eigenvalue weighted by atomic mass is 16.5. The molecule has 0 bridgehead atoms. The van der Waals surface area contributed by atoms with Gasteiger partial charge in [-0.3, -0.25) is 0 Å². The summed E-state index contributed by atoms with van der Waals surface area (Å²) in [5.41, 5.74) is 6.03. The van der Waals surface area contributed by atoms with Crippen LogP contribution in [0.5, 0.6) is 0 Å². The van der Waals surface area contributed by atoms with Gasteiger partial charge in [0.15, 0.2) is 0 Å². The van der Waals surface area contributed by atoms with Crippen molar-refractivity contribution in [3.8, 4) is 0 Å². The van der Waals surface area contributed by atoms with Crippen LogP contribution in [-0.2, 0) is 4.74 Å². The molecule has 2 heteroatoms. The van der Waals surface area contributed by atoms with E-state index in [1.165, 1.54) is 19.3 Å². The molecule has 0 radical (unpaired) electrons. The molecule has 0 saturated heterocycles. The van der Waals surface area contributed by atoms with Gasteiger partial charge in [-0.25, -0.2) is 0 Å². The van der Waals surface area contributed by atoms with Crippen LogP contribution in [0.2, 0.25) is 0 Å². The molecule has 0 aromatic heterocycles. The van der Waals surface area contributed by atoms with E-state index < -0.39 is 0 Å². The van der Waals surface area contributed by atoms with E-state index in [0.717, 1.165) is 11.8 Å². The molecule has 0 aromatic rings. The van der Waals surface area contributed by atoms with E-state index in [1.807, 2.05) is 0 Å². The summed E-state index contributed by atoms with van der Waals surface area (Å²) in [6, 6.07) is 0. The van der Waals surface area contributed by atoms with E-state index in [0.29, 0.717) is 12.1 Å². The van der Waals surface area contributed by atoms with Gasteiger partial charge in [0.25, 0.3) is 0 Å². The number of ether oxygens (including phenoxy) is 1. The molecule has 13 heavy (non-hydrogen) atoms. The Hall–Kier alpha value is -0.0800. The van der Waals surface area contributed by atoms with E-state index in [2.05, 4.69) is 20.8 Å². The minimum absolute atomic E-state index is 0.138. The van der Waals surface area contributed by atoms with Crippen molar-refractivity contribution in [2.24, 2.45) is 23.0 Å². The smallest absolute Gasteiger partial charge is 0.0948 e. The molecular weight excluding hydrogens is 162 g/mol. The monoisotopic (exact) mass is 183 g/mol. The van der Waals surface area contributed by atoms with Crippen molar-refractivity contribution in [1.29, 1.82) is 0 Å². The highest BCUT2D eigenvalue weighted by molar-refractivity contribution is 5.22. The zero-order chi connectivity index (χ0) is 9.69. The maximum absolute atomic E-state index is 5.81. The van der Waals surface area contributed by atoms with Crippen LogP contribution in [-0.4, -0.2) is 12.3 Å². The Morgan fingerprint density at radius 3 is 2.69 bits per heavy atom. The standard InChI is InChI=1S/C11H21NO/c1-8-4-5-9-10(2,3)11(9,6-8)13-7-12/h8-9H,4-7,12H2,1-3H3. The Kier molecular flexibility index (Phi) is 1.97. The fourth-order valence-electron chi connectivity index (χ4n) is 3.49. The largest absolute Gasteiger partial charge is 0.359 e. The summed E-state index contributed by atoms with van der Waals surface area (Å²) in [4.78, 5) is 0. The van der Waals surface area contributed by atoms with Crippen molar-refractivity contribution >= 4 is 0 Å². The third-order valence-electron chi connectivity index (χ3n) is 4.38. The van der Waals surface area contributed by atoms with E-state index in [9.17, 15) is 0 Å². The Bertz CT molecular complexity index is 214. The van der Waals surface area contributed by atoms with E-state index >= 15 is 0 Å². The highest BCUT2D eigenvalue weighted by Gasteiger charge is 2.72. The molecule has 76 valence electrons. The number of rotatable bonds is 2. The summed E-state index contributed by atoms with van der Waals surface area (Å²) >= 11 is 0. The second-order valence-corrected chi connectivity index (χ2v) is 5.36. The first kappa shape index (κ1) is 9.47. The molecule has 2 aliphatic carbocycles. The van der Waals surface area contributed by atoms with Gasteiger partial charge < -0.3 is 10.5 Å². The highest BCUT2D eigenvalue weighted by Crippen LogP contribution is 2.70. The first-order valence-corrected chi connectivity index (χ1v) is 5.38. The molecule has 0 aliphatic heterocycles. The van der Waals surface area contributed by atoms with E-state index in [4.69, 9.17) is 10.5 Å². The van der Waals surface area contributed by atoms with Gasteiger partial charge in [0.1, 0.15) is 0 Å². The van der Waals surface area contributed by atoms with E-state index in [-0.39, 0.29) is 5.60 Å². The molecule has 2 aliphatic rings. The molecular formula is C11H21NO. The Balaban J connectivity index is 2.15. The minimum atomic E-state index is 0.138. The minimum Gasteiger partial charge on any atom is -0.359 e. The lowest BCUT2D eigenvalue weighted by Crippen LogP contribution is -2.30. The average Bonchev–Trinajstić information content (AvgIpc) is 2.48. The van der Waals surface area contributed by atoms with Gasteiger partial charge in [-0.15, -0.1) is 0 Å². The van der Waals surface area contributed by atoms with Crippen LogP contribution in [0.25, 0.3) is 0 Å². The Morgan fingerprint density at radius 2 is 2.08 bits per heavy atom. The summed E-state index contributed by atoms with van der Waals surface area (Å²) in [5, 5.41) is 0. The first-order valence-electron chi connectivity index (χ1n) is 5.38. The molecule has 0 amide bonds. The van der Waals surface area contributed by atoms with Gasteiger partial charge >= 0.3 is 0 Å². The summed E-state index contributed by atoms with van der Waals surface area (Å²) < 4.78 is 5.81. The van der Waals surface area contributed by atoms with Crippen molar-refractivity contribution in [1.82, 2.24) is 0 Å². The van der Waals surface area contributed by atoms with Crippen LogP contribution in [0.4, 0.5) is 0 Å². The molecule has 3 atom stereocenters. The van der Waals surface area contributed by atoms with Gasteiger partial charge in [0.2, 0.25) is 0 Å². The molecule has 2 fully saturated rings. The molecule has 2 rings (SSSR count). The van der Waals surface area contributed by atoms with Crippen LogP contribution >= 0.6 is 0 Å². The molecule has 0 heterocycles. The molecule has 2 N–H and O–H groups in total. The zero-order valence-electron chi connectivity index (χ0n) is 8.97. The van der Waals surface area contributed by atoms with Crippen molar-refractivity contribution < 1.29 is 4.74 Å². The quantitative estimate of drug-likeness (QED) is 0.666. The van der Waals surface area contributed by atoms with Crippen molar-refractivity contribution in [2.45, 2.75) is 45.6 Å². The lowest BCUT2D eigenvalue weighted by atomic mass is 9.88. The fraction of sp³-hybridized carbons (Fsp3) is 1.00. The van der Waals surface area contributed by atoms with Crippen molar-refractivity contribution in [2.75, 3.05) is 6.73 Å². The van der Waals surface area contributed by atoms with Crippen LogP contribution < -0.4 is 5.73 Å². The lowest BCUT2D eigenvalue weighted by molar-refractivity contribution is -0.0220. The van der Waals surface area contributed by atoms with Crippen LogP contribution in [0, 0.1) is 17.3 Å². The number of fused-ring (bicyclic) bond motifs is 1. The number of hydrogen-bond donors (Lipinski definition) is 1. The molecule has 3 unspecified atom stereocenters. The molecule has 2 nitrogen and oxygen atoms in total. The second-order valence-electron chi connectivity index (χ2n) is 5.36. The van der Waals surface area contributed by atoms with Gasteiger partial charge in [-0.1, -0.05) is 27.2 Å². The van der Waals surface area contributed by atoms with Crippen molar-refractivity contribution in [3.63, 3.8) is 0 Å². The van der Waals surface area contributed by atoms with Gasteiger partial charge in [0.05, 0.1) is 12.3 Å².